The molecule has 11 heavy (non-hydrogen) atoms. The van der Waals surface area contributed by atoms with E-state index in [1.165, 1.54) is 0 Å². The zero-order valence-electron chi connectivity index (χ0n) is 8.08. The summed E-state index contributed by atoms with van der Waals surface area (Å²) in [4.78, 5) is 0. The Labute approximate surface area is 69.5 Å². The fourth-order valence-electron chi connectivity index (χ4n) is 0.716. The first-order valence-corrected chi connectivity index (χ1v) is 4.40. The van der Waals surface area contributed by atoms with E-state index in [-0.39, 0.29) is 11.2 Å². The molecule has 66 valence electrons. The summed E-state index contributed by atoms with van der Waals surface area (Å²) < 4.78 is 13.2. The summed E-state index contributed by atoms with van der Waals surface area (Å²) in [5.41, 5.74) is -0.255. The summed E-state index contributed by atoms with van der Waals surface area (Å²) in [5, 5.41) is 0. The summed E-state index contributed by atoms with van der Waals surface area (Å²) in [6.07, 6.45) is 4.45. The van der Waals surface area contributed by atoms with Crippen LogP contribution >= 0.6 is 0 Å². The minimum absolute atomic E-state index is 0.0434. The van der Waals surface area contributed by atoms with Crippen LogP contribution in [0.4, 0.5) is 4.39 Å². The van der Waals surface area contributed by atoms with Crippen LogP contribution < -0.4 is 0 Å². The molecule has 0 saturated carbocycles. The second-order valence-corrected chi connectivity index (χ2v) is 3.58. The van der Waals surface area contributed by atoms with Crippen molar-refractivity contribution in [1.82, 2.24) is 0 Å². The molecule has 0 aromatic rings. The molecule has 0 spiro atoms. The lowest BCUT2D eigenvalue weighted by molar-refractivity contribution is 0.335. The Kier molecular flexibility index (Phi) is 4.39. The number of rotatable bonds is 4. The van der Waals surface area contributed by atoms with Crippen molar-refractivity contribution in [3.63, 3.8) is 0 Å². The number of allylic oxidation sites excluding steroid dienone is 2. The van der Waals surface area contributed by atoms with Crippen LogP contribution in [0.2, 0.25) is 0 Å². The van der Waals surface area contributed by atoms with Crippen molar-refractivity contribution >= 4 is 0 Å². The highest BCUT2D eigenvalue weighted by molar-refractivity contribution is 5.02. The molecule has 0 bridgehead atoms. The third kappa shape index (κ3) is 3.54. The molecule has 0 aromatic heterocycles. The molecule has 0 radical (unpaired) electrons. The Morgan fingerprint density at radius 3 is 2.27 bits per heavy atom. The van der Waals surface area contributed by atoms with Crippen LogP contribution in [0.15, 0.2) is 11.9 Å². The topological polar surface area (TPSA) is 0 Å². The van der Waals surface area contributed by atoms with Crippen molar-refractivity contribution in [3.8, 4) is 0 Å². The Balaban J connectivity index is 4.09. The molecule has 0 aliphatic heterocycles. The predicted molar refractivity (Wildman–Crippen MR) is 48.2 cm³/mol. The third-order valence-corrected chi connectivity index (χ3v) is 2.14. The van der Waals surface area contributed by atoms with Gasteiger partial charge in [-0.1, -0.05) is 40.2 Å². The first kappa shape index (κ1) is 10.7. The first-order chi connectivity index (χ1) is 5.04. The van der Waals surface area contributed by atoms with Gasteiger partial charge in [-0.15, -0.1) is 0 Å². The van der Waals surface area contributed by atoms with E-state index < -0.39 is 0 Å². The standard InChI is InChI=1S/C10H19F/c1-5-7-8-9(11)10(3,4)6-2/h8H,5-7H2,1-4H3/b9-8-. The van der Waals surface area contributed by atoms with E-state index >= 15 is 0 Å². The van der Waals surface area contributed by atoms with E-state index in [2.05, 4.69) is 6.92 Å². The molecule has 0 unspecified atom stereocenters. The number of halogens is 1. The molecular weight excluding hydrogens is 139 g/mol. The quantitative estimate of drug-likeness (QED) is 0.578. The van der Waals surface area contributed by atoms with Gasteiger partial charge in [0.25, 0.3) is 0 Å². The molecule has 0 nitrogen and oxygen atoms in total. The highest BCUT2D eigenvalue weighted by Gasteiger charge is 2.20. The van der Waals surface area contributed by atoms with Gasteiger partial charge in [-0.2, -0.15) is 0 Å². The average Bonchev–Trinajstić information content (AvgIpc) is 2.00. The zero-order valence-corrected chi connectivity index (χ0v) is 8.08. The lowest BCUT2D eigenvalue weighted by atomic mass is 9.88. The third-order valence-electron chi connectivity index (χ3n) is 2.14. The van der Waals surface area contributed by atoms with Crippen molar-refractivity contribution in [1.29, 1.82) is 0 Å². The average molecular weight is 158 g/mol. The minimum atomic E-state index is -0.255. The van der Waals surface area contributed by atoms with Gasteiger partial charge in [-0.3, -0.25) is 0 Å². The first-order valence-electron chi connectivity index (χ1n) is 4.40. The Hall–Kier alpha value is -0.330. The number of hydrogen-bond donors (Lipinski definition) is 0. The van der Waals surface area contributed by atoms with E-state index in [4.69, 9.17) is 0 Å². The SMILES string of the molecule is CCC/C=C(\F)C(C)(C)CC. The van der Waals surface area contributed by atoms with Crippen LogP contribution in [0.25, 0.3) is 0 Å². The normalized spacial score (nSPS) is 13.7. The van der Waals surface area contributed by atoms with E-state index in [1.807, 2.05) is 20.8 Å². The second-order valence-electron chi connectivity index (χ2n) is 3.58. The maximum Gasteiger partial charge on any atom is 0.102 e. The van der Waals surface area contributed by atoms with E-state index in [0.717, 1.165) is 19.3 Å². The molecule has 0 atom stereocenters. The highest BCUT2D eigenvalue weighted by Crippen LogP contribution is 2.30. The molecule has 0 N–H and O–H groups in total. The Bertz CT molecular complexity index is 134. The van der Waals surface area contributed by atoms with Crippen molar-refractivity contribution in [2.45, 2.75) is 47.0 Å². The number of unbranched alkanes of at least 4 members (excludes halogenated alkanes) is 1. The predicted octanol–water partition coefficient (Wildman–Crippen LogP) is 4.08. The largest absolute Gasteiger partial charge is 0.212 e. The van der Waals surface area contributed by atoms with Gasteiger partial charge in [0.05, 0.1) is 0 Å². The van der Waals surface area contributed by atoms with E-state index in [9.17, 15) is 4.39 Å². The smallest absolute Gasteiger partial charge is 0.102 e. The second kappa shape index (κ2) is 4.53. The molecule has 0 aliphatic rings. The fourth-order valence-corrected chi connectivity index (χ4v) is 0.716. The van der Waals surface area contributed by atoms with Crippen LogP contribution in [-0.2, 0) is 0 Å². The molecule has 0 heterocycles. The minimum Gasteiger partial charge on any atom is -0.212 e. The summed E-state index contributed by atoms with van der Waals surface area (Å²) in [7, 11) is 0. The van der Waals surface area contributed by atoms with E-state index in [1.54, 1.807) is 6.08 Å². The fraction of sp³-hybridized carbons (Fsp3) is 0.800. The van der Waals surface area contributed by atoms with Gasteiger partial charge in [-0.25, -0.2) is 4.39 Å². The summed E-state index contributed by atoms with van der Waals surface area (Å²) in [6.45, 7) is 7.95. The lowest BCUT2D eigenvalue weighted by Gasteiger charge is -2.19. The Morgan fingerprint density at radius 1 is 1.36 bits per heavy atom. The monoisotopic (exact) mass is 158 g/mol. The summed E-state index contributed by atoms with van der Waals surface area (Å²) in [5.74, 6) is 0.0434. The molecule has 0 saturated heterocycles. The lowest BCUT2D eigenvalue weighted by Crippen LogP contribution is -2.09. The van der Waals surface area contributed by atoms with Crippen LogP contribution in [0.5, 0.6) is 0 Å². The van der Waals surface area contributed by atoms with Crippen LogP contribution in [0.1, 0.15) is 47.0 Å². The van der Waals surface area contributed by atoms with Crippen LogP contribution in [0.3, 0.4) is 0 Å². The molecular formula is C10H19F. The van der Waals surface area contributed by atoms with Gasteiger partial charge < -0.3 is 0 Å². The molecule has 0 fully saturated rings. The zero-order chi connectivity index (χ0) is 8.91. The van der Waals surface area contributed by atoms with Crippen molar-refractivity contribution in [3.05, 3.63) is 11.9 Å². The molecule has 0 rings (SSSR count). The van der Waals surface area contributed by atoms with Crippen molar-refractivity contribution < 1.29 is 4.39 Å². The maximum absolute atomic E-state index is 13.2. The Morgan fingerprint density at radius 2 is 1.91 bits per heavy atom. The van der Waals surface area contributed by atoms with Crippen LogP contribution in [0, 0.1) is 5.41 Å². The van der Waals surface area contributed by atoms with Crippen molar-refractivity contribution in [2.75, 3.05) is 0 Å². The van der Waals surface area contributed by atoms with Crippen molar-refractivity contribution in [2.24, 2.45) is 5.41 Å². The van der Waals surface area contributed by atoms with Crippen LogP contribution in [-0.4, -0.2) is 0 Å². The molecule has 0 aliphatic carbocycles. The number of hydrogen-bond acceptors (Lipinski definition) is 0. The van der Waals surface area contributed by atoms with Gasteiger partial charge >= 0.3 is 0 Å². The highest BCUT2D eigenvalue weighted by atomic mass is 19.1. The van der Waals surface area contributed by atoms with E-state index in [0.29, 0.717) is 0 Å². The van der Waals surface area contributed by atoms with Gasteiger partial charge in [0.2, 0.25) is 0 Å². The van der Waals surface area contributed by atoms with Gasteiger partial charge in [0, 0.05) is 5.41 Å². The molecule has 0 aromatic carbocycles. The maximum atomic E-state index is 13.2. The summed E-state index contributed by atoms with van der Waals surface area (Å²) in [6, 6.07) is 0. The van der Waals surface area contributed by atoms with Gasteiger partial charge in [0.1, 0.15) is 5.83 Å². The summed E-state index contributed by atoms with van der Waals surface area (Å²) >= 11 is 0. The molecule has 1 heteroatoms. The van der Waals surface area contributed by atoms with Gasteiger partial charge in [0.15, 0.2) is 0 Å². The van der Waals surface area contributed by atoms with Gasteiger partial charge in [-0.05, 0) is 12.8 Å². The molecule has 0 amide bonds.